The predicted molar refractivity (Wildman–Crippen MR) is 120 cm³/mol. The summed E-state index contributed by atoms with van der Waals surface area (Å²) in [5.41, 5.74) is 2.27. The van der Waals surface area contributed by atoms with Crippen LogP contribution in [0.1, 0.15) is 60.6 Å². The second-order valence-electron chi connectivity index (χ2n) is 8.61. The van der Waals surface area contributed by atoms with Crippen LogP contribution in [0, 0.1) is 11.7 Å². The number of rotatable bonds is 7. The number of nitrogens with zero attached hydrogens (tertiary/aromatic N) is 3. The van der Waals surface area contributed by atoms with E-state index in [0.717, 1.165) is 31.2 Å². The zero-order valence-electron chi connectivity index (χ0n) is 18.6. The highest BCUT2D eigenvalue weighted by atomic mass is 19.1. The van der Waals surface area contributed by atoms with E-state index in [2.05, 4.69) is 25.8 Å². The van der Waals surface area contributed by atoms with Crippen molar-refractivity contribution in [2.75, 3.05) is 6.54 Å². The third-order valence-corrected chi connectivity index (χ3v) is 6.25. The van der Waals surface area contributed by atoms with Gasteiger partial charge in [0.1, 0.15) is 23.9 Å². The minimum Gasteiger partial charge on any atom is -0.392 e. The third-order valence-electron chi connectivity index (χ3n) is 6.25. The molecule has 2 N–H and O–H groups in total. The van der Waals surface area contributed by atoms with Crippen molar-refractivity contribution >= 4 is 17.5 Å². The van der Waals surface area contributed by atoms with Gasteiger partial charge in [-0.3, -0.25) is 9.59 Å². The van der Waals surface area contributed by atoms with Crippen molar-refractivity contribution in [2.24, 2.45) is 11.1 Å². The summed E-state index contributed by atoms with van der Waals surface area (Å²) in [4.78, 5) is 36.8. The lowest BCUT2D eigenvalue weighted by Crippen LogP contribution is -2.38. The van der Waals surface area contributed by atoms with Crippen molar-refractivity contribution in [1.82, 2.24) is 20.6 Å². The molecular formula is C24H28FN5O3. The largest absolute Gasteiger partial charge is 0.392 e. The van der Waals surface area contributed by atoms with E-state index in [1.54, 1.807) is 25.1 Å². The molecule has 2 amide bonds. The molecule has 1 aromatic carbocycles. The van der Waals surface area contributed by atoms with Gasteiger partial charge in [-0.1, -0.05) is 11.2 Å². The maximum Gasteiger partial charge on any atom is 0.270 e. The van der Waals surface area contributed by atoms with Crippen molar-refractivity contribution < 1.29 is 18.8 Å². The molecule has 0 radical (unpaired) electrons. The molecule has 1 aromatic heterocycles. The Labute approximate surface area is 192 Å². The Hall–Kier alpha value is -3.36. The van der Waals surface area contributed by atoms with Gasteiger partial charge >= 0.3 is 0 Å². The summed E-state index contributed by atoms with van der Waals surface area (Å²) in [5.74, 6) is -0.254. The smallest absolute Gasteiger partial charge is 0.270 e. The quantitative estimate of drug-likeness (QED) is 0.671. The van der Waals surface area contributed by atoms with E-state index < -0.39 is 0 Å². The van der Waals surface area contributed by atoms with Gasteiger partial charge in [-0.2, -0.15) is 0 Å². The van der Waals surface area contributed by atoms with Gasteiger partial charge in [0, 0.05) is 37.7 Å². The Bertz CT molecular complexity index is 1020. The Morgan fingerprint density at radius 3 is 2.73 bits per heavy atom. The predicted octanol–water partition coefficient (Wildman–Crippen LogP) is 2.78. The highest BCUT2D eigenvalue weighted by Gasteiger charge is 2.34. The summed E-state index contributed by atoms with van der Waals surface area (Å²) in [6, 6.07) is 6.71. The first-order valence-corrected chi connectivity index (χ1v) is 11.3. The van der Waals surface area contributed by atoms with Crippen molar-refractivity contribution in [3.05, 3.63) is 59.4 Å². The summed E-state index contributed by atoms with van der Waals surface area (Å²) < 4.78 is 14.6. The lowest BCUT2D eigenvalue weighted by Gasteiger charge is -2.31. The Balaban J connectivity index is 1.30. The number of oxime groups is 1. The Morgan fingerprint density at radius 1 is 1.18 bits per heavy atom. The monoisotopic (exact) mass is 453 g/mol. The maximum absolute atomic E-state index is 14.6. The normalized spacial score (nSPS) is 22.2. The molecule has 1 fully saturated rings. The molecule has 8 nitrogen and oxygen atoms in total. The van der Waals surface area contributed by atoms with Crippen LogP contribution in [0.5, 0.6) is 0 Å². The Kier molecular flexibility index (Phi) is 7.26. The summed E-state index contributed by atoms with van der Waals surface area (Å²) in [6.07, 6.45) is 7.64. The zero-order valence-corrected chi connectivity index (χ0v) is 18.6. The molecule has 0 saturated heterocycles. The number of carbonyl (C=O) groups excluding carboxylic acids is 2. The average Bonchev–Trinajstić information content (AvgIpc) is 3.31. The number of aromatic nitrogens is 2. The van der Waals surface area contributed by atoms with Crippen LogP contribution in [0.3, 0.4) is 0 Å². The molecule has 4 rings (SSSR count). The molecule has 2 aromatic rings. The Morgan fingerprint density at radius 2 is 2.00 bits per heavy atom. The van der Waals surface area contributed by atoms with E-state index in [4.69, 9.17) is 4.84 Å². The highest BCUT2D eigenvalue weighted by molar-refractivity contribution is 6.01. The van der Waals surface area contributed by atoms with Crippen molar-refractivity contribution in [3.8, 4) is 0 Å². The fourth-order valence-electron chi connectivity index (χ4n) is 4.52. The van der Waals surface area contributed by atoms with Crippen molar-refractivity contribution in [2.45, 2.75) is 57.6 Å². The van der Waals surface area contributed by atoms with Crippen LogP contribution in [0.15, 0.2) is 41.9 Å². The molecule has 1 saturated carbocycles. The number of hydrogen-bond donors (Lipinski definition) is 2. The van der Waals surface area contributed by atoms with Gasteiger partial charge in [-0.15, -0.1) is 0 Å². The van der Waals surface area contributed by atoms with E-state index in [1.807, 2.05) is 0 Å². The number of halogens is 1. The summed E-state index contributed by atoms with van der Waals surface area (Å²) in [7, 11) is 0. The van der Waals surface area contributed by atoms with Gasteiger partial charge in [0.25, 0.3) is 5.91 Å². The number of amides is 2. The molecule has 1 aliphatic carbocycles. The molecule has 1 unspecified atom stereocenters. The van der Waals surface area contributed by atoms with Crippen LogP contribution in [0.4, 0.5) is 4.39 Å². The van der Waals surface area contributed by atoms with Gasteiger partial charge in [0.05, 0.1) is 5.71 Å². The van der Waals surface area contributed by atoms with Gasteiger partial charge in [-0.05, 0) is 61.8 Å². The molecule has 0 bridgehead atoms. The molecule has 33 heavy (non-hydrogen) atoms. The lowest BCUT2D eigenvalue weighted by molar-refractivity contribution is -0.120. The zero-order chi connectivity index (χ0) is 23.2. The molecule has 1 aliphatic heterocycles. The van der Waals surface area contributed by atoms with E-state index in [0.29, 0.717) is 42.3 Å². The van der Waals surface area contributed by atoms with Crippen LogP contribution < -0.4 is 10.6 Å². The number of hydrogen-bond acceptors (Lipinski definition) is 6. The molecule has 0 spiro atoms. The minimum absolute atomic E-state index is 0.00476. The summed E-state index contributed by atoms with van der Waals surface area (Å²) >= 11 is 0. The van der Waals surface area contributed by atoms with Crippen LogP contribution in [0.2, 0.25) is 0 Å². The molecule has 2 aliphatic rings. The van der Waals surface area contributed by atoms with Gasteiger partial charge in [0.15, 0.2) is 0 Å². The van der Waals surface area contributed by atoms with E-state index in [9.17, 15) is 14.0 Å². The van der Waals surface area contributed by atoms with E-state index in [1.165, 1.54) is 18.6 Å². The van der Waals surface area contributed by atoms with Crippen LogP contribution >= 0.6 is 0 Å². The molecule has 1 atom stereocenters. The van der Waals surface area contributed by atoms with Crippen LogP contribution in [-0.2, 0) is 16.1 Å². The standard InChI is InChI=1S/C24H28FN5O3/c1-15(31)29-18-5-3-17(4-6-18)23-13-22(30-33-23)19-12-16(2-7-20(19)25)8-11-27-24(32)21-9-10-26-14-28-21/h2,7,9-10,12,14,17-18,23H,3-6,8,11,13H2,1H3,(H,27,32)(H,29,31). The lowest BCUT2D eigenvalue weighted by atomic mass is 9.81. The highest BCUT2D eigenvalue weighted by Crippen LogP contribution is 2.33. The molecular weight excluding hydrogens is 425 g/mol. The fourth-order valence-corrected chi connectivity index (χ4v) is 4.52. The van der Waals surface area contributed by atoms with Crippen molar-refractivity contribution in [3.63, 3.8) is 0 Å². The van der Waals surface area contributed by atoms with Crippen LogP contribution in [0.25, 0.3) is 0 Å². The fraction of sp³-hybridized carbons (Fsp3) is 0.458. The second-order valence-corrected chi connectivity index (χ2v) is 8.61. The van der Waals surface area contributed by atoms with Gasteiger partial charge < -0.3 is 15.5 Å². The second kappa shape index (κ2) is 10.5. The molecule has 9 heteroatoms. The number of nitrogens with one attached hydrogen (secondary N) is 2. The van der Waals surface area contributed by atoms with Gasteiger partial charge in [0.2, 0.25) is 5.91 Å². The maximum atomic E-state index is 14.6. The van der Waals surface area contributed by atoms with Gasteiger partial charge in [-0.25, -0.2) is 14.4 Å². The van der Waals surface area contributed by atoms with E-state index in [-0.39, 0.29) is 29.8 Å². The topological polar surface area (TPSA) is 106 Å². The molecule has 174 valence electrons. The van der Waals surface area contributed by atoms with E-state index >= 15 is 0 Å². The first-order chi connectivity index (χ1) is 16.0. The number of benzene rings is 1. The number of carbonyl (C=O) groups is 2. The third kappa shape index (κ3) is 5.91. The summed E-state index contributed by atoms with van der Waals surface area (Å²) in [6.45, 7) is 1.94. The first-order valence-electron chi connectivity index (χ1n) is 11.3. The SMILES string of the molecule is CC(=O)NC1CCC(C2CC(c3cc(CCNC(=O)c4ccncn4)ccc3F)=NO2)CC1. The summed E-state index contributed by atoms with van der Waals surface area (Å²) in [5, 5.41) is 10.00. The molecule has 2 heterocycles. The van der Waals surface area contributed by atoms with Crippen molar-refractivity contribution in [1.29, 1.82) is 0 Å². The minimum atomic E-state index is -0.332. The van der Waals surface area contributed by atoms with Crippen LogP contribution in [-0.4, -0.2) is 46.2 Å². The first kappa shape index (κ1) is 22.8. The average molecular weight is 454 g/mol.